The van der Waals surface area contributed by atoms with Gasteiger partial charge in [0.05, 0.1) is 5.75 Å². The van der Waals surface area contributed by atoms with Crippen molar-refractivity contribution in [3.05, 3.63) is 106 Å². The zero-order chi connectivity index (χ0) is 25.8. The molecule has 1 N–H and O–H groups in total. The average Bonchev–Trinajstić information content (AvgIpc) is 2.88. The van der Waals surface area contributed by atoms with Crippen molar-refractivity contribution in [3.63, 3.8) is 0 Å². The van der Waals surface area contributed by atoms with E-state index in [4.69, 9.17) is 11.6 Å². The number of hydrogen-bond donors (Lipinski definition) is 1. The van der Waals surface area contributed by atoms with Crippen LogP contribution < -0.4 is 5.32 Å². The van der Waals surface area contributed by atoms with Crippen LogP contribution in [-0.2, 0) is 28.3 Å². The Morgan fingerprint density at radius 1 is 0.972 bits per heavy atom. The van der Waals surface area contributed by atoms with E-state index in [2.05, 4.69) is 37.4 Å². The van der Waals surface area contributed by atoms with Crippen LogP contribution in [0.2, 0.25) is 5.02 Å². The molecule has 3 aromatic rings. The number of halogens is 1. The molecule has 3 rings (SSSR count). The standard InChI is InChI=1S/C30H35ClN2O2S/c1-3-4-17-32-30(35)28(19-24-12-6-5-7-13-24)33(20-26-15-8-9-16-27(26)31)29(34)22-36-21-25-14-10-11-23(2)18-25/h5-16,18,28H,3-4,17,19-22H2,1-2H3,(H,32,35)/t28-/m0/s1. The normalized spacial score (nSPS) is 11.6. The predicted octanol–water partition coefficient (Wildman–Crippen LogP) is 6.44. The zero-order valence-corrected chi connectivity index (χ0v) is 22.7. The first-order chi connectivity index (χ1) is 17.5. The highest BCUT2D eigenvalue weighted by Gasteiger charge is 2.30. The second kappa shape index (κ2) is 14.7. The maximum atomic E-state index is 13.7. The molecule has 0 aliphatic heterocycles. The lowest BCUT2D eigenvalue weighted by Crippen LogP contribution is -2.51. The average molecular weight is 523 g/mol. The summed E-state index contributed by atoms with van der Waals surface area (Å²) in [6, 6.07) is 25.1. The minimum absolute atomic E-state index is 0.0702. The van der Waals surface area contributed by atoms with Crippen LogP contribution >= 0.6 is 23.4 Å². The molecule has 3 aromatic carbocycles. The van der Waals surface area contributed by atoms with Crippen molar-refractivity contribution < 1.29 is 9.59 Å². The van der Waals surface area contributed by atoms with Crippen LogP contribution in [0.3, 0.4) is 0 Å². The summed E-state index contributed by atoms with van der Waals surface area (Å²) >= 11 is 8.04. The van der Waals surface area contributed by atoms with Crippen LogP contribution in [0.4, 0.5) is 0 Å². The number of benzene rings is 3. The number of carbonyl (C=O) groups is 2. The van der Waals surface area contributed by atoms with Crippen molar-refractivity contribution in [1.29, 1.82) is 0 Å². The Kier molecular flexibility index (Phi) is 11.4. The van der Waals surface area contributed by atoms with Gasteiger partial charge in [-0.05, 0) is 36.1 Å². The fraction of sp³-hybridized carbons (Fsp3) is 0.333. The summed E-state index contributed by atoms with van der Waals surface area (Å²) in [7, 11) is 0. The minimum Gasteiger partial charge on any atom is -0.354 e. The Morgan fingerprint density at radius 3 is 2.42 bits per heavy atom. The smallest absolute Gasteiger partial charge is 0.243 e. The minimum atomic E-state index is -0.632. The van der Waals surface area contributed by atoms with Crippen molar-refractivity contribution in [1.82, 2.24) is 10.2 Å². The SMILES string of the molecule is CCCCNC(=O)[C@H](Cc1ccccc1)N(Cc1ccccc1Cl)C(=O)CSCc1cccc(C)c1. The second-order valence-electron chi connectivity index (χ2n) is 8.95. The van der Waals surface area contributed by atoms with Gasteiger partial charge in [0.15, 0.2) is 0 Å². The molecule has 4 nitrogen and oxygen atoms in total. The van der Waals surface area contributed by atoms with Gasteiger partial charge in [-0.25, -0.2) is 0 Å². The highest BCUT2D eigenvalue weighted by Crippen LogP contribution is 2.22. The number of thioether (sulfide) groups is 1. The van der Waals surface area contributed by atoms with Crippen LogP contribution in [0.25, 0.3) is 0 Å². The van der Waals surface area contributed by atoms with Crippen molar-refractivity contribution >= 4 is 35.2 Å². The van der Waals surface area contributed by atoms with Crippen molar-refractivity contribution in [2.24, 2.45) is 0 Å². The van der Waals surface area contributed by atoms with E-state index in [1.54, 1.807) is 16.7 Å². The van der Waals surface area contributed by atoms with Gasteiger partial charge in [-0.3, -0.25) is 9.59 Å². The fourth-order valence-corrected chi connectivity index (χ4v) is 5.06. The molecule has 0 saturated carbocycles. The Balaban J connectivity index is 1.84. The molecular formula is C30H35ClN2O2S. The second-order valence-corrected chi connectivity index (χ2v) is 10.3. The number of hydrogen-bond acceptors (Lipinski definition) is 3. The molecular weight excluding hydrogens is 488 g/mol. The Hall–Kier alpha value is -2.76. The quantitative estimate of drug-likeness (QED) is 0.263. The van der Waals surface area contributed by atoms with Gasteiger partial charge in [0.2, 0.25) is 11.8 Å². The number of amides is 2. The van der Waals surface area contributed by atoms with Crippen LogP contribution in [0.15, 0.2) is 78.9 Å². The van der Waals surface area contributed by atoms with E-state index in [0.29, 0.717) is 18.0 Å². The third-order valence-corrected chi connectivity index (χ3v) is 7.33. The molecule has 0 unspecified atom stereocenters. The third-order valence-electron chi connectivity index (χ3n) is 5.98. The summed E-state index contributed by atoms with van der Waals surface area (Å²) in [4.78, 5) is 28.8. The molecule has 0 radical (unpaired) electrons. The molecule has 6 heteroatoms. The summed E-state index contributed by atoms with van der Waals surface area (Å²) in [6.45, 7) is 5.03. The number of aryl methyl sites for hydroxylation is 1. The predicted molar refractivity (Wildman–Crippen MR) is 151 cm³/mol. The zero-order valence-electron chi connectivity index (χ0n) is 21.1. The first-order valence-electron chi connectivity index (χ1n) is 12.5. The summed E-state index contributed by atoms with van der Waals surface area (Å²) in [6.07, 6.45) is 2.33. The Bertz CT molecular complexity index is 1120. The lowest BCUT2D eigenvalue weighted by atomic mass is 10.0. The molecule has 1 atom stereocenters. The highest BCUT2D eigenvalue weighted by atomic mass is 35.5. The maximum absolute atomic E-state index is 13.7. The van der Waals surface area contributed by atoms with Crippen LogP contribution in [-0.4, -0.2) is 35.1 Å². The number of rotatable bonds is 13. The molecule has 0 aliphatic rings. The third kappa shape index (κ3) is 8.72. The summed E-state index contributed by atoms with van der Waals surface area (Å²) in [5, 5.41) is 3.65. The molecule has 0 spiro atoms. The van der Waals surface area contributed by atoms with E-state index in [1.807, 2.05) is 60.7 Å². The van der Waals surface area contributed by atoms with Gasteiger partial charge >= 0.3 is 0 Å². The van der Waals surface area contributed by atoms with Gasteiger partial charge in [0.25, 0.3) is 0 Å². The largest absolute Gasteiger partial charge is 0.354 e. The number of nitrogens with zero attached hydrogens (tertiary/aromatic N) is 1. The van der Waals surface area contributed by atoms with E-state index in [1.165, 1.54) is 11.1 Å². The number of unbranched alkanes of at least 4 members (excludes halogenated alkanes) is 1. The van der Waals surface area contributed by atoms with Crippen LogP contribution in [0, 0.1) is 6.92 Å². The molecule has 0 saturated heterocycles. The van der Waals surface area contributed by atoms with E-state index in [-0.39, 0.29) is 24.1 Å². The lowest BCUT2D eigenvalue weighted by molar-refractivity contribution is -0.139. The van der Waals surface area contributed by atoms with Gasteiger partial charge in [-0.1, -0.05) is 103 Å². The molecule has 0 heterocycles. The topological polar surface area (TPSA) is 49.4 Å². The molecule has 0 bridgehead atoms. The molecule has 2 amide bonds. The van der Waals surface area contributed by atoms with Crippen molar-refractivity contribution in [3.8, 4) is 0 Å². The monoisotopic (exact) mass is 522 g/mol. The van der Waals surface area contributed by atoms with Gasteiger partial charge in [0.1, 0.15) is 6.04 Å². The molecule has 0 aromatic heterocycles. The van der Waals surface area contributed by atoms with E-state index >= 15 is 0 Å². The maximum Gasteiger partial charge on any atom is 0.243 e. The van der Waals surface area contributed by atoms with Gasteiger partial charge < -0.3 is 10.2 Å². The van der Waals surface area contributed by atoms with E-state index in [0.717, 1.165) is 29.7 Å². The van der Waals surface area contributed by atoms with Gasteiger partial charge in [0, 0.05) is 30.3 Å². The fourth-order valence-electron chi connectivity index (χ4n) is 4.01. The lowest BCUT2D eigenvalue weighted by Gasteiger charge is -2.32. The number of carbonyl (C=O) groups excluding carboxylic acids is 2. The molecule has 0 aliphatic carbocycles. The summed E-state index contributed by atoms with van der Waals surface area (Å²) < 4.78 is 0. The Labute approximate surface area is 224 Å². The molecule has 0 fully saturated rings. The van der Waals surface area contributed by atoms with Gasteiger partial charge in [-0.15, -0.1) is 11.8 Å². The number of nitrogens with one attached hydrogen (secondary N) is 1. The van der Waals surface area contributed by atoms with Crippen LogP contribution in [0.5, 0.6) is 0 Å². The Morgan fingerprint density at radius 2 is 1.69 bits per heavy atom. The summed E-state index contributed by atoms with van der Waals surface area (Å²) in [5.41, 5.74) is 4.23. The van der Waals surface area contributed by atoms with E-state index in [9.17, 15) is 9.59 Å². The van der Waals surface area contributed by atoms with Crippen molar-refractivity contribution in [2.75, 3.05) is 12.3 Å². The highest BCUT2D eigenvalue weighted by molar-refractivity contribution is 7.99. The van der Waals surface area contributed by atoms with E-state index < -0.39 is 6.04 Å². The first kappa shape index (κ1) is 27.8. The van der Waals surface area contributed by atoms with Gasteiger partial charge in [-0.2, -0.15) is 0 Å². The first-order valence-corrected chi connectivity index (χ1v) is 14.0. The van der Waals surface area contributed by atoms with Crippen molar-refractivity contribution in [2.45, 2.75) is 51.4 Å². The molecule has 36 heavy (non-hydrogen) atoms. The van der Waals surface area contributed by atoms with Crippen LogP contribution in [0.1, 0.15) is 42.0 Å². The molecule has 190 valence electrons. The summed E-state index contributed by atoms with van der Waals surface area (Å²) in [5.74, 6) is 0.821.